The number of phenolic OH excluding ortho intramolecular Hbond substituents is 1. The second-order valence-corrected chi connectivity index (χ2v) is 15.2. The zero-order chi connectivity index (χ0) is 24.2. The third-order valence-electron chi connectivity index (χ3n) is 6.77. The van der Waals surface area contributed by atoms with Gasteiger partial charge in [0.05, 0.1) is 0 Å². The van der Waals surface area contributed by atoms with E-state index in [2.05, 4.69) is 65.1 Å². The Kier molecular flexibility index (Phi) is 7.89. The number of benzene rings is 3. The summed E-state index contributed by atoms with van der Waals surface area (Å²) in [4.78, 5) is 0. The van der Waals surface area contributed by atoms with Crippen LogP contribution in [0, 0.1) is 11.5 Å². The summed E-state index contributed by atoms with van der Waals surface area (Å²) in [6, 6.07) is 17.6. The molecule has 0 aromatic heterocycles. The molecule has 0 amide bonds. The van der Waals surface area contributed by atoms with Crippen LogP contribution in [-0.4, -0.2) is 27.1 Å². The third kappa shape index (κ3) is 4.95. The maximum atomic E-state index is 10.7. The van der Waals surface area contributed by atoms with Crippen LogP contribution in [0.15, 0.2) is 54.6 Å². The molecule has 4 heteroatoms. The number of phenols is 1. The number of fused-ring (bicyclic) bond motifs is 1. The first-order valence-electron chi connectivity index (χ1n) is 11.7. The highest BCUT2D eigenvalue weighted by atomic mass is 28.3. The zero-order valence-corrected chi connectivity index (χ0v) is 21.9. The molecule has 33 heavy (non-hydrogen) atoms. The van der Waals surface area contributed by atoms with Gasteiger partial charge in [0.25, 0.3) is 0 Å². The lowest BCUT2D eigenvalue weighted by molar-refractivity contribution is 0.0512. The Hall–Kier alpha value is -2.74. The minimum atomic E-state index is -1.89. The molecular weight excluding hydrogens is 424 g/mol. The molecule has 0 unspecified atom stereocenters. The van der Waals surface area contributed by atoms with Crippen molar-refractivity contribution in [3.63, 3.8) is 0 Å². The van der Waals surface area contributed by atoms with Gasteiger partial charge in [-0.15, -0.1) is 5.54 Å². The fourth-order valence-corrected chi connectivity index (χ4v) is 10.5. The first kappa shape index (κ1) is 24.9. The summed E-state index contributed by atoms with van der Waals surface area (Å²) in [5.74, 6) is 4.56. The number of hydrogen-bond acceptors (Lipinski definition) is 3. The normalized spacial score (nSPS) is 11.8. The average molecular weight is 461 g/mol. The van der Waals surface area contributed by atoms with Gasteiger partial charge < -0.3 is 14.6 Å². The van der Waals surface area contributed by atoms with Gasteiger partial charge in [-0.2, -0.15) is 0 Å². The van der Waals surface area contributed by atoms with Crippen molar-refractivity contribution in [2.24, 2.45) is 0 Å². The molecule has 3 nitrogen and oxygen atoms in total. The largest absolute Gasteiger partial charge is 0.507 e. The Labute approximate surface area is 199 Å². The van der Waals surface area contributed by atoms with Crippen LogP contribution >= 0.6 is 0 Å². The van der Waals surface area contributed by atoms with Crippen LogP contribution in [0.2, 0.25) is 16.6 Å². The van der Waals surface area contributed by atoms with Crippen LogP contribution in [0.4, 0.5) is 0 Å². The molecule has 0 aliphatic carbocycles. The highest BCUT2D eigenvalue weighted by molar-refractivity contribution is 6.90. The summed E-state index contributed by atoms with van der Waals surface area (Å²) < 4.78 is 10.9. The lowest BCUT2D eigenvalue weighted by Gasteiger charge is -2.38. The molecule has 0 radical (unpaired) electrons. The predicted octanol–water partition coefficient (Wildman–Crippen LogP) is 7.76. The Morgan fingerprint density at radius 2 is 1.52 bits per heavy atom. The van der Waals surface area contributed by atoms with Gasteiger partial charge in [0.1, 0.15) is 19.6 Å². The summed E-state index contributed by atoms with van der Waals surface area (Å²) in [6.07, 6.45) is 0. The van der Waals surface area contributed by atoms with Crippen LogP contribution in [-0.2, 0) is 4.74 Å². The van der Waals surface area contributed by atoms with Crippen LogP contribution in [0.5, 0.6) is 11.5 Å². The fraction of sp³-hybridized carbons (Fsp3) is 0.379. The number of aromatic hydroxyl groups is 1. The van der Waals surface area contributed by atoms with E-state index in [1.165, 1.54) is 0 Å². The molecule has 0 bridgehead atoms. The Morgan fingerprint density at radius 3 is 2.12 bits per heavy atom. The highest BCUT2D eigenvalue weighted by Gasteiger charge is 2.41. The molecule has 0 saturated heterocycles. The lowest BCUT2D eigenvalue weighted by Crippen LogP contribution is -2.43. The van der Waals surface area contributed by atoms with E-state index in [9.17, 15) is 5.11 Å². The molecule has 0 fully saturated rings. The quantitative estimate of drug-likeness (QED) is 0.222. The topological polar surface area (TPSA) is 38.7 Å². The standard InChI is InChI=1S/C29H36O3Si/c1-20(2)33(21(3)4,22(5)6)16-15-23-11-10-12-24-17-25(32-19-31-7)18-27(29(23)24)26-13-8-9-14-28(26)30/h8-14,17-18,20-22,30H,19H2,1-7H3. The van der Waals surface area contributed by atoms with Gasteiger partial charge in [-0.3, -0.25) is 0 Å². The summed E-state index contributed by atoms with van der Waals surface area (Å²) >= 11 is 0. The highest BCUT2D eigenvalue weighted by Crippen LogP contribution is 2.42. The summed E-state index contributed by atoms with van der Waals surface area (Å²) in [6.45, 7) is 14.1. The third-order valence-corrected chi connectivity index (χ3v) is 13.1. The molecular formula is C29H36O3Si. The van der Waals surface area contributed by atoms with Crippen molar-refractivity contribution < 1.29 is 14.6 Å². The molecule has 0 aliphatic heterocycles. The van der Waals surface area contributed by atoms with Gasteiger partial charge in [-0.1, -0.05) is 77.8 Å². The van der Waals surface area contributed by atoms with Crippen molar-refractivity contribution in [1.82, 2.24) is 0 Å². The van der Waals surface area contributed by atoms with E-state index in [0.717, 1.165) is 27.5 Å². The van der Waals surface area contributed by atoms with Crippen molar-refractivity contribution in [3.05, 3.63) is 60.2 Å². The summed E-state index contributed by atoms with van der Waals surface area (Å²) in [7, 11) is -0.281. The first-order chi connectivity index (χ1) is 15.7. The monoisotopic (exact) mass is 460 g/mol. The van der Waals surface area contributed by atoms with Crippen molar-refractivity contribution in [2.75, 3.05) is 13.9 Å². The Balaban J connectivity index is 2.31. The van der Waals surface area contributed by atoms with Crippen LogP contribution < -0.4 is 4.74 Å². The lowest BCUT2D eigenvalue weighted by atomic mass is 9.94. The molecule has 0 aliphatic rings. The second kappa shape index (κ2) is 10.5. The molecule has 3 aromatic rings. The van der Waals surface area contributed by atoms with E-state index >= 15 is 0 Å². The second-order valence-electron chi connectivity index (χ2n) is 9.59. The number of methoxy groups -OCH3 is 1. The minimum Gasteiger partial charge on any atom is -0.507 e. The van der Waals surface area contributed by atoms with Crippen LogP contribution in [0.3, 0.4) is 0 Å². The van der Waals surface area contributed by atoms with E-state index in [1.807, 2.05) is 36.4 Å². The van der Waals surface area contributed by atoms with Gasteiger partial charge in [0, 0.05) is 23.6 Å². The van der Waals surface area contributed by atoms with E-state index < -0.39 is 8.07 Å². The van der Waals surface area contributed by atoms with Gasteiger partial charge >= 0.3 is 0 Å². The fourth-order valence-electron chi connectivity index (χ4n) is 5.24. The molecule has 0 atom stereocenters. The van der Waals surface area contributed by atoms with Crippen LogP contribution in [0.1, 0.15) is 47.1 Å². The summed E-state index contributed by atoms with van der Waals surface area (Å²) in [5.41, 5.74) is 8.20. The predicted molar refractivity (Wildman–Crippen MR) is 141 cm³/mol. The minimum absolute atomic E-state index is 0.163. The molecule has 1 N–H and O–H groups in total. The van der Waals surface area contributed by atoms with E-state index in [-0.39, 0.29) is 12.5 Å². The number of ether oxygens (including phenoxy) is 2. The number of rotatable bonds is 7. The number of para-hydroxylation sites is 1. The molecule has 174 valence electrons. The molecule has 0 saturated carbocycles. The van der Waals surface area contributed by atoms with Crippen molar-refractivity contribution in [2.45, 2.75) is 58.2 Å². The van der Waals surface area contributed by atoms with Gasteiger partial charge in [0.15, 0.2) is 6.79 Å². The van der Waals surface area contributed by atoms with Gasteiger partial charge in [0.2, 0.25) is 0 Å². The molecule has 3 rings (SSSR count). The maximum Gasteiger partial charge on any atom is 0.188 e. The Morgan fingerprint density at radius 1 is 0.848 bits per heavy atom. The number of hydrogen-bond donors (Lipinski definition) is 1. The van der Waals surface area contributed by atoms with Crippen LogP contribution in [0.25, 0.3) is 21.9 Å². The van der Waals surface area contributed by atoms with Crippen molar-refractivity contribution in [3.8, 4) is 34.1 Å². The molecule has 0 spiro atoms. The van der Waals surface area contributed by atoms with Crippen molar-refractivity contribution >= 4 is 18.8 Å². The molecule has 3 aromatic carbocycles. The van der Waals surface area contributed by atoms with Gasteiger partial charge in [-0.25, -0.2) is 0 Å². The van der Waals surface area contributed by atoms with Gasteiger partial charge in [-0.05, 0) is 51.8 Å². The summed E-state index contributed by atoms with van der Waals surface area (Å²) in [5, 5.41) is 12.7. The van der Waals surface area contributed by atoms with E-state index in [0.29, 0.717) is 22.4 Å². The Bertz CT molecular complexity index is 1150. The maximum absolute atomic E-state index is 10.7. The smallest absolute Gasteiger partial charge is 0.188 e. The zero-order valence-electron chi connectivity index (χ0n) is 20.9. The van der Waals surface area contributed by atoms with Crippen molar-refractivity contribution in [1.29, 1.82) is 0 Å². The van der Waals surface area contributed by atoms with E-state index in [1.54, 1.807) is 13.2 Å². The molecule has 0 heterocycles. The first-order valence-corrected chi connectivity index (χ1v) is 14.0. The van der Waals surface area contributed by atoms with E-state index in [4.69, 9.17) is 9.47 Å². The average Bonchev–Trinajstić information content (AvgIpc) is 2.77. The SMILES string of the molecule is COCOc1cc(-c2ccccc2O)c2c(C#C[Si](C(C)C)(C(C)C)C(C)C)cccc2c1.